The van der Waals surface area contributed by atoms with Crippen LogP contribution in [0.2, 0.25) is 0 Å². The van der Waals surface area contributed by atoms with Crippen LogP contribution >= 0.6 is 0 Å². The Balaban J connectivity index is 2.60. The molecule has 0 radical (unpaired) electrons. The second-order valence-electron chi connectivity index (χ2n) is 4.67. The van der Waals surface area contributed by atoms with Crippen molar-refractivity contribution in [2.45, 2.75) is 25.3 Å². The Labute approximate surface area is 118 Å². The average Bonchev–Trinajstić information content (AvgIpc) is 2.43. The number of hydrogen-bond donors (Lipinski definition) is 2. The van der Waals surface area contributed by atoms with E-state index < -0.39 is 11.5 Å². The molecule has 0 saturated carbocycles. The van der Waals surface area contributed by atoms with Crippen molar-refractivity contribution in [1.29, 1.82) is 0 Å². The van der Waals surface area contributed by atoms with Gasteiger partial charge in [-0.15, -0.1) is 0 Å². The van der Waals surface area contributed by atoms with E-state index in [0.717, 1.165) is 0 Å². The lowest BCUT2D eigenvalue weighted by atomic mass is 9.98. The number of ether oxygens (including phenoxy) is 3. The number of nitrogens with two attached hydrogens (primary N) is 1. The number of carbonyl (C=O) groups is 1. The third kappa shape index (κ3) is 4.03. The molecule has 0 aliphatic carbocycles. The molecule has 1 aromatic carbocycles. The van der Waals surface area contributed by atoms with Crippen LogP contribution in [0, 0.1) is 0 Å². The fourth-order valence-corrected chi connectivity index (χ4v) is 1.68. The molecule has 1 rings (SSSR count). The summed E-state index contributed by atoms with van der Waals surface area (Å²) in [5.74, 6) is 0.620. The Hall–Kier alpha value is -1.95. The summed E-state index contributed by atoms with van der Waals surface area (Å²) in [4.78, 5) is 10.9. The van der Waals surface area contributed by atoms with Crippen LogP contribution in [-0.4, -0.2) is 37.4 Å². The van der Waals surface area contributed by atoms with Crippen LogP contribution in [0.5, 0.6) is 17.2 Å². The average molecular weight is 283 g/mol. The van der Waals surface area contributed by atoms with E-state index in [2.05, 4.69) is 0 Å². The molecule has 0 heterocycles. The van der Waals surface area contributed by atoms with E-state index in [1.54, 1.807) is 32.4 Å². The van der Waals surface area contributed by atoms with Gasteiger partial charge < -0.3 is 25.1 Å². The molecule has 0 amide bonds. The summed E-state index contributed by atoms with van der Waals surface area (Å²) < 4.78 is 16.0. The van der Waals surface area contributed by atoms with Gasteiger partial charge in [-0.2, -0.15) is 0 Å². The summed E-state index contributed by atoms with van der Waals surface area (Å²) >= 11 is 0. The van der Waals surface area contributed by atoms with Crippen molar-refractivity contribution in [2.75, 3.05) is 20.8 Å². The van der Waals surface area contributed by atoms with E-state index in [1.807, 2.05) is 0 Å². The van der Waals surface area contributed by atoms with Crippen molar-refractivity contribution in [2.24, 2.45) is 5.73 Å². The predicted molar refractivity (Wildman–Crippen MR) is 74.5 cm³/mol. The summed E-state index contributed by atoms with van der Waals surface area (Å²) in [6, 6.07) is 5.33. The monoisotopic (exact) mass is 283 g/mol. The number of aliphatic carboxylic acids is 1. The van der Waals surface area contributed by atoms with Crippen molar-refractivity contribution >= 4 is 5.97 Å². The second-order valence-corrected chi connectivity index (χ2v) is 4.67. The number of hydrogen-bond acceptors (Lipinski definition) is 5. The van der Waals surface area contributed by atoms with Gasteiger partial charge in [-0.3, -0.25) is 4.79 Å². The summed E-state index contributed by atoms with van der Waals surface area (Å²) in [6.07, 6.45) is 0.834. The molecule has 0 saturated heterocycles. The molecule has 1 unspecified atom stereocenters. The first-order valence-electron chi connectivity index (χ1n) is 6.28. The maximum atomic E-state index is 10.9. The molecule has 0 bridgehead atoms. The van der Waals surface area contributed by atoms with Gasteiger partial charge in [-0.1, -0.05) is 6.07 Å². The van der Waals surface area contributed by atoms with E-state index >= 15 is 0 Å². The van der Waals surface area contributed by atoms with Gasteiger partial charge in [0, 0.05) is 0 Å². The second kappa shape index (κ2) is 7.00. The molecule has 0 spiro atoms. The van der Waals surface area contributed by atoms with Crippen LogP contribution in [0.4, 0.5) is 0 Å². The van der Waals surface area contributed by atoms with Crippen molar-refractivity contribution in [3.63, 3.8) is 0 Å². The summed E-state index contributed by atoms with van der Waals surface area (Å²) in [7, 11) is 3.09. The highest BCUT2D eigenvalue weighted by Gasteiger charge is 2.27. The van der Waals surface area contributed by atoms with Gasteiger partial charge in [0.25, 0.3) is 0 Å². The highest BCUT2D eigenvalue weighted by molar-refractivity contribution is 5.77. The molecule has 3 N–H and O–H groups in total. The first-order valence-corrected chi connectivity index (χ1v) is 6.28. The molecule has 1 atom stereocenters. The Kier molecular flexibility index (Phi) is 5.64. The minimum absolute atomic E-state index is 0.319. The standard InChI is InChI=1S/C14H21NO5/c1-14(15,13(16)17)8-5-9-20-12-10(18-2)6-4-7-11(12)19-3/h4,6-7H,5,8-9,15H2,1-3H3,(H,16,17). The number of carboxylic acids is 1. The van der Waals surface area contributed by atoms with Crippen molar-refractivity contribution in [3.05, 3.63) is 18.2 Å². The third-order valence-corrected chi connectivity index (χ3v) is 2.96. The highest BCUT2D eigenvalue weighted by Crippen LogP contribution is 2.36. The Morgan fingerprint density at radius 1 is 1.30 bits per heavy atom. The number of carboxylic acid groups (broad SMARTS) is 1. The molecule has 0 aliphatic rings. The predicted octanol–water partition coefficient (Wildman–Crippen LogP) is 1.66. The van der Waals surface area contributed by atoms with Gasteiger partial charge in [0.2, 0.25) is 5.75 Å². The van der Waals surface area contributed by atoms with E-state index in [0.29, 0.717) is 36.7 Å². The van der Waals surface area contributed by atoms with Crippen molar-refractivity contribution in [1.82, 2.24) is 0 Å². The van der Waals surface area contributed by atoms with E-state index in [-0.39, 0.29) is 0 Å². The quantitative estimate of drug-likeness (QED) is 0.705. The van der Waals surface area contributed by atoms with E-state index in [4.69, 9.17) is 25.1 Å². The first-order chi connectivity index (χ1) is 9.42. The van der Waals surface area contributed by atoms with E-state index in [1.165, 1.54) is 6.92 Å². The topological polar surface area (TPSA) is 91.0 Å². The molecule has 0 fully saturated rings. The van der Waals surface area contributed by atoms with Crippen LogP contribution in [0.1, 0.15) is 19.8 Å². The number of methoxy groups -OCH3 is 2. The number of rotatable bonds is 8. The third-order valence-electron chi connectivity index (χ3n) is 2.96. The van der Waals surface area contributed by atoms with Crippen LogP contribution in [0.3, 0.4) is 0 Å². The fraction of sp³-hybridized carbons (Fsp3) is 0.500. The molecule has 6 nitrogen and oxygen atoms in total. The SMILES string of the molecule is COc1cccc(OC)c1OCCCC(C)(N)C(=O)O. The van der Waals surface area contributed by atoms with Gasteiger partial charge in [0.1, 0.15) is 5.54 Å². The van der Waals surface area contributed by atoms with Gasteiger partial charge in [0.15, 0.2) is 11.5 Å². The maximum Gasteiger partial charge on any atom is 0.323 e. The lowest BCUT2D eigenvalue weighted by Crippen LogP contribution is -2.44. The number of para-hydroxylation sites is 1. The van der Waals surface area contributed by atoms with Gasteiger partial charge in [0.05, 0.1) is 20.8 Å². The molecular formula is C14H21NO5. The molecule has 112 valence electrons. The van der Waals surface area contributed by atoms with Crippen LogP contribution in [-0.2, 0) is 4.79 Å². The van der Waals surface area contributed by atoms with Crippen LogP contribution in [0.25, 0.3) is 0 Å². The van der Waals surface area contributed by atoms with Gasteiger partial charge in [-0.25, -0.2) is 0 Å². The Morgan fingerprint density at radius 3 is 2.30 bits per heavy atom. The smallest absolute Gasteiger partial charge is 0.323 e. The van der Waals surface area contributed by atoms with Crippen molar-refractivity contribution in [3.8, 4) is 17.2 Å². The zero-order valence-electron chi connectivity index (χ0n) is 12.0. The minimum atomic E-state index is -1.24. The summed E-state index contributed by atoms with van der Waals surface area (Å²) in [6.45, 7) is 1.82. The Bertz CT molecular complexity index is 437. The highest BCUT2D eigenvalue weighted by atomic mass is 16.5. The lowest BCUT2D eigenvalue weighted by Gasteiger charge is -2.19. The molecular weight excluding hydrogens is 262 g/mol. The first kappa shape index (κ1) is 16.1. The summed E-state index contributed by atoms with van der Waals surface area (Å²) in [5.41, 5.74) is 4.40. The van der Waals surface area contributed by atoms with Gasteiger partial charge in [-0.05, 0) is 31.9 Å². The molecule has 0 aromatic heterocycles. The Morgan fingerprint density at radius 2 is 1.85 bits per heavy atom. The molecule has 1 aromatic rings. The minimum Gasteiger partial charge on any atom is -0.493 e. The summed E-state index contributed by atoms with van der Waals surface area (Å²) in [5, 5.41) is 8.92. The zero-order chi connectivity index (χ0) is 15.2. The zero-order valence-corrected chi connectivity index (χ0v) is 12.0. The molecule has 6 heteroatoms. The maximum absolute atomic E-state index is 10.9. The van der Waals surface area contributed by atoms with Crippen LogP contribution in [0.15, 0.2) is 18.2 Å². The fourth-order valence-electron chi connectivity index (χ4n) is 1.68. The van der Waals surface area contributed by atoms with E-state index in [9.17, 15) is 4.79 Å². The van der Waals surface area contributed by atoms with Crippen LogP contribution < -0.4 is 19.9 Å². The lowest BCUT2D eigenvalue weighted by molar-refractivity contribution is -0.143. The normalized spacial score (nSPS) is 13.4. The largest absolute Gasteiger partial charge is 0.493 e. The van der Waals surface area contributed by atoms with Gasteiger partial charge >= 0.3 is 5.97 Å². The molecule has 0 aliphatic heterocycles. The molecule has 20 heavy (non-hydrogen) atoms. The van der Waals surface area contributed by atoms with Crippen molar-refractivity contribution < 1.29 is 24.1 Å². The number of benzene rings is 1.